The van der Waals surface area contributed by atoms with Crippen molar-refractivity contribution < 1.29 is 30.5 Å². The van der Waals surface area contributed by atoms with Crippen LogP contribution < -0.4 is 10.6 Å². The monoisotopic (exact) mass is 883 g/mol. The van der Waals surface area contributed by atoms with Crippen LogP contribution in [0.25, 0.3) is 0 Å². The Morgan fingerprint density at radius 1 is 0.758 bits per heavy atom. The molecule has 12 heteroatoms. The molecule has 62 heavy (non-hydrogen) atoms. The van der Waals surface area contributed by atoms with Crippen LogP contribution in [0, 0.1) is 0 Å². The fourth-order valence-corrected chi connectivity index (χ4v) is 11.0. The third kappa shape index (κ3) is 8.62. The standard InChI is InChI=1S/C50H49N3O6S3/c1-49(2)42-30-40(61(54,55)56)24-26-44(42)52(32-34-12-7-5-8-13-34)46(49)28-18-36-16-11-17-37(48(36)60-39-22-20-38(51)21-23-39)19-29-47-50(3,4)43-31-41(62(57,58)59)25-27-45(43)53(47)33-35-14-9-6-10-15-35/h5-10,12-15,18-31H,11,16-17,32-33,51H2,1-4H3,(H-,54,55,56,57,58,59). The number of hydrogen-bond donors (Lipinski definition) is 2. The highest BCUT2D eigenvalue weighted by atomic mass is 32.2. The minimum Gasteiger partial charge on any atom is -0.744 e. The molecule has 9 nitrogen and oxygen atoms in total. The lowest BCUT2D eigenvalue weighted by atomic mass is 9.81. The Hall–Kier alpha value is -5.50. The third-order valence-corrected chi connectivity index (χ3v) is 15.1. The van der Waals surface area contributed by atoms with Gasteiger partial charge < -0.3 is 15.2 Å². The number of nitrogen functional groups attached to an aromatic ring is 1. The summed E-state index contributed by atoms with van der Waals surface area (Å²) in [4.78, 5) is 4.01. The van der Waals surface area contributed by atoms with E-state index in [0.29, 0.717) is 18.8 Å². The van der Waals surface area contributed by atoms with E-state index in [1.165, 1.54) is 18.2 Å². The predicted octanol–water partition coefficient (Wildman–Crippen LogP) is 10.6. The Bertz CT molecular complexity index is 2950. The molecule has 3 N–H and O–H groups in total. The lowest BCUT2D eigenvalue weighted by Gasteiger charge is -2.27. The molecule has 5 aromatic carbocycles. The molecule has 3 aliphatic rings. The summed E-state index contributed by atoms with van der Waals surface area (Å²) in [6.07, 6.45) is 11.3. The Kier molecular flexibility index (Phi) is 11.6. The van der Waals surface area contributed by atoms with E-state index in [4.69, 9.17) is 5.73 Å². The number of nitrogens with zero attached hydrogens (tertiary/aromatic N) is 2. The summed E-state index contributed by atoms with van der Waals surface area (Å²) < 4.78 is 73.4. The van der Waals surface area contributed by atoms with Crippen molar-refractivity contribution in [2.24, 2.45) is 0 Å². The van der Waals surface area contributed by atoms with Crippen molar-refractivity contribution in [2.75, 3.05) is 10.6 Å². The molecule has 0 unspecified atom stereocenters. The summed E-state index contributed by atoms with van der Waals surface area (Å²) in [6.45, 7) is 9.41. The van der Waals surface area contributed by atoms with Crippen LogP contribution in [0.4, 0.5) is 17.1 Å². The topological polar surface area (TPSA) is 144 Å². The zero-order valence-corrected chi connectivity index (χ0v) is 37.5. The lowest BCUT2D eigenvalue weighted by Crippen LogP contribution is -2.27. The number of nitrogens with two attached hydrogens (primary N) is 1. The summed E-state index contributed by atoms with van der Waals surface area (Å²) >= 11 is 1.69. The first-order chi connectivity index (χ1) is 29.4. The van der Waals surface area contributed by atoms with Crippen LogP contribution in [0.2, 0.25) is 0 Å². The first kappa shape index (κ1) is 43.2. The number of anilines is 2. The fraction of sp³-hybridized carbons (Fsp3) is 0.220. The maximum Gasteiger partial charge on any atom is 0.294 e. The summed E-state index contributed by atoms with van der Waals surface area (Å²) in [5.41, 5.74) is 15.3. The zero-order valence-electron chi connectivity index (χ0n) is 35.1. The fourth-order valence-electron chi connectivity index (χ4n) is 8.86. The molecule has 318 valence electrons. The average molecular weight is 884 g/mol. The number of allylic oxidation sites excluding steroid dienone is 7. The van der Waals surface area contributed by atoms with E-state index in [0.717, 1.165) is 85.2 Å². The third-order valence-electron chi connectivity index (χ3n) is 12.1. The molecule has 5 aromatic rings. The quantitative estimate of drug-likeness (QED) is 0.0752. The molecule has 0 saturated heterocycles. The molecule has 8 rings (SSSR count). The van der Waals surface area contributed by atoms with Crippen molar-refractivity contribution in [2.45, 2.75) is 85.6 Å². The van der Waals surface area contributed by atoms with Gasteiger partial charge in [0.2, 0.25) is 5.69 Å². The summed E-state index contributed by atoms with van der Waals surface area (Å²) in [6, 6.07) is 37.6. The average Bonchev–Trinajstić information content (AvgIpc) is 3.57. The van der Waals surface area contributed by atoms with Crippen molar-refractivity contribution in [1.82, 2.24) is 0 Å². The van der Waals surface area contributed by atoms with E-state index in [2.05, 4.69) is 85.7 Å². The maximum absolute atomic E-state index is 12.3. The Morgan fingerprint density at radius 3 is 2.06 bits per heavy atom. The summed E-state index contributed by atoms with van der Waals surface area (Å²) in [5, 5.41) is 0. The van der Waals surface area contributed by atoms with Gasteiger partial charge in [0, 0.05) is 62.1 Å². The van der Waals surface area contributed by atoms with Gasteiger partial charge in [-0.25, -0.2) is 8.42 Å². The largest absolute Gasteiger partial charge is 0.744 e. The van der Waals surface area contributed by atoms with E-state index in [-0.39, 0.29) is 9.79 Å². The van der Waals surface area contributed by atoms with Crippen LogP contribution in [0.15, 0.2) is 182 Å². The van der Waals surface area contributed by atoms with E-state index in [9.17, 15) is 25.9 Å². The van der Waals surface area contributed by atoms with Gasteiger partial charge >= 0.3 is 0 Å². The highest BCUT2D eigenvalue weighted by molar-refractivity contribution is 8.03. The van der Waals surface area contributed by atoms with Gasteiger partial charge in [0.25, 0.3) is 10.1 Å². The number of rotatable bonds is 11. The smallest absolute Gasteiger partial charge is 0.294 e. The first-order valence-corrected chi connectivity index (χ1v) is 24.2. The molecule has 0 radical (unpaired) electrons. The number of thioether (sulfide) groups is 1. The van der Waals surface area contributed by atoms with Gasteiger partial charge in [0.15, 0.2) is 12.3 Å². The van der Waals surface area contributed by atoms with Crippen LogP contribution in [0.5, 0.6) is 0 Å². The molecule has 0 saturated carbocycles. The Morgan fingerprint density at radius 2 is 1.40 bits per heavy atom. The second kappa shape index (κ2) is 16.7. The van der Waals surface area contributed by atoms with E-state index < -0.39 is 31.1 Å². The molecule has 0 aromatic heterocycles. The summed E-state index contributed by atoms with van der Waals surface area (Å²) in [7, 11) is -9.09. The van der Waals surface area contributed by atoms with Gasteiger partial charge in [0.1, 0.15) is 10.1 Å². The number of benzene rings is 5. The van der Waals surface area contributed by atoms with Gasteiger partial charge in [-0.05, 0) is 116 Å². The summed E-state index contributed by atoms with van der Waals surface area (Å²) in [5.74, 6) is 0. The molecule has 0 spiro atoms. The molecule has 0 atom stereocenters. The Labute approximate surface area is 369 Å². The second-order valence-corrected chi connectivity index (χ2v) is 20.9. The molecule has 0 fully saturated rings. The van der Waals surface area contributed by atoms with Crippen LogP contribution in [0.1, 0.15) is 69.2 Å². The van der Waals surface area contributed by atoms with E-state index in [1.54, 1.807) is 30.0 Å². The van der Waals surface area contributed by atoms with Crippen molar-refractivity contribution in [3.63, 3.8) is 0 Å². The van der Waals surface area contributed by atoms with Crippen LogP contribution in [-0.2, 0) is 44.2 Å². The van der Waals surface area contributed by atoms with E-state index in [1.807, 2.05) is 60.7 Å². The van der Waals surface area contributed by atoms with Gasteiger partial charge in [-0.15, -0.1) is 0 Å². The van der Waals surface area contributed by atoms with Crippen LogP contribution >= 0.6 is 11.8 Å². The van der Waals surface area contributed by atoms with Crippen LogP contribution in [0.3, 0.4) is 0 Å². The van der Waals surface area contributed by atoms with Gasteiger partial charge in [-0.2, -0.15) is 13.0 Å². The highest BCUT2D eigenvalue weighted by Gasteiger charge is 2.45. The SMILES string of the molecule is CC1(C)C(/C=C/C2=C(Sc3ccc(N)cc3)C(=C/C=C3/N(Cc4ccccc4)c4ccc(S(=O)(=O)O)cc4C3(C)C)/CCC2)=[N+](Cc2ccccc2)c2ccc(S(=O)(=O)[O-])cc21. The lowest BCUT2D eigenvalue weighted by molar-refractivity contribution is -0.455. The molecular weight excluding hydrogens is 835 g/mol. The zero-order chi connectivity index (χ0) is 44.0. The normalized spacial score (nSPS) is 18.6. The van der Waals surface area contributed by atoms with E-state index >= 15 is 0 Å². The van der Waals surface area contributed by atoms with Gasteiger partial charge in [-0.1, -0.05) is 98.4 Å². The van der Waals surface area contributed by atoms with Gasteiger partial charge in [0.05, 0.1) is 15.2 Å². The second-order valence-electron chi connectivity index (χ2n) is 17.0. The molecule has 2 heterocycles. The van der Waals surface area contributed by atoms with Crippen molar-refractivity contribution in [3.05, 3.63) is 190 Å². The molecule has 1 aliphatic carbocycles. The van der Waals surface area contributed by atoms with Crippen molar-refractivity contribution in [1.29, 1.82) is 0 Å². The maximum atomic E-state index is 12.3. The first-order valence-electron chi connectivity index (χ1n) is 20.5. The number of fused-ring (bicyclic) bond motifs is 2. The predicted molar refractivity (Wildman–Crippen MR) is 247 cm³/mol. The van der Waals surface area contributed by atoms with Crippen LogP contribution in [-0.4, -0.2) is 36.2 Å². The van der Waals surface area contributed by atoms with Crippen molar-refractivity contribution in [3.8, 4) is 0 Å². The Balaban J connectivity index is 1.26. The number of hydrogen-bond acceptors (Lipinski definition) is 8. The van der Waals surface area contributed by atoms with Crippen molar-refractivity contribution >= 4 is 54.8 Å². The highest BCUT2D eigenvalue weighted by Crippen LogP contribution is 2.50. The minimum absolute atomic E-state index is 0.137. The van der Waals surface area contributed by atoms with Gasteiger partial charge in [-0.3, -0.25) is 4.55 Å². The molecule has 2 aliphatic heterocycles. The molecular formula is C50H49N3O6S3. The molecule has 0 bridgehead atoms. The minimum atomic E-state index is -4.67. The molecule has 0 amide bonds.